The second-order valence-corrected chi connectivity index (χ2v) is 13.7. The molecule has 1 heterocycles. The maximum Gasteiger partial charge on any atom is 0.315 e. The van der Waals surface area contributed by atoms with Crippen LogP contribution >= 0.6 is 0 Å². The number of carbonyl (C=O) groups excluding carboxylic acids is 1. The van der Waals surface area contributed by atoms with E-state index in [1.54, 1.807) is 0 Å². The first-order valence-corrected chi connectivity index (χ1v) is 12.3. The average Bonchev–Trinajstić information content (AvgIpc) is 2.53. The number of fused-ring (bicyclic) bond motifs is 1. The normalized spacial score (nSPS) is 26.4. The van der Waals surface area contributed by atoms with E-state index >= 15 is 0 Å². The fourth-order valence-electron chi connectivity index (χ4n) is 3.58. The van der Waals surface area contributed by atoms with Gasteiger partial charge in [-0.2, -0.15) is 0 Å². The molecule has 2 aliphatic rings. The van der Waals surface area contributed by atoms with Crippen molar-refractivity contribution in [2.24, 2.45) is 11.8 Å². The Morgan fingerprint density at radius 1 is 1.12 bits per heavy atom. The molecule has 26 heavy (non-hydrogen) atoms. The zero-order valence-corrected chi connectivity index (χ0v) is 17.7. The van der Waals surface area contributed by atoms with Crippen LogP contribution in [-0.4, -0.2) is 14.3 Å². The summed E-state index contributed by atoms with van der Waals surface area (Å²) < 4.78 is 12.1. The Hall–Kier alpha value is -1.81. The molecule has 1 aliphatic heterocycles. The highest BCUT2D eigenvalue weighted by Crippen LogP contribution is 2.46. The summed E-state index contributed by atoms with van der Waals surface area (Å²) in [6.45, 7) is 13.2. The summed E-state index contributed by atoms with van der Waals surface area (Å²) in [6.07, 6.45) is 5.05. The van der Waals surface area contributed by atoms with Gasteiger partial charge in [-0.3, -0.25) is 4.79 Å². The van der Waals surface area contributed by atoms with Crippen molar-refractivity contribution < 1.29 is 14.0 Å². The smallest absolute Gasteiger partial charge is 0.315 e. The van der Waals surface area contributed by atoms with Gasteiger partial charge in [0.1, 0.15) is 5.76 Å². The summed E-state index contributed by atoms with van der Waals surface area (Å²) in [5.41, 5.74) is 1.14. The molecule has 0 fully saturated rings. The van der Waals surface area contributed by atoms with Crippen molar-refractivity contribution in [3.8, 4) is 0 Å². The molecular weight excluding hydrogens is 340 g/mol. The van der Waals surface area contributed by atoms with Crippen LogP contribution in [0.15, 0.2) is 54.0 Å². The van der Waals surface area contributed by atoms with Crippen molar-refractivity contribution in [1.82, 2.24) is 0 Å². The van der Waals surface area contributed by atoms with Crippen LogP contribution in [0, 0.1) is 11.8 Å². The second kappa shape index (κ2) is 6.73. The van der Waals surface area contributed by atoms with Gasteiger partial charge in [-0.15, -0.1) is 0 Å². The Bertz CT molecular complexity index is 740. The Kier molecular flexibility index (Phi) is 4.91. The van der Waals surface area contributed by atoms with Crippen LogP contribution in [0.25, 0.3) is 0 Å². The monoisotopic (exact) mass is 370 g/mol. The molecule has 140 valence electrons. The van der Waals surface area contributed by atoms with Crippen LogP contribution in [0.1, 0.15) is 45.6 Å². The van der Waals surface area contributed by atoms with Crippen LogP contribution < -0.4 is 0 Å². The average molecular weight is 371 g/mol. The first-order valence-electron chi connectivity index (χ1n) is 9.43. The summed E-state index contributed by atoms with van der Waals surface area (Å²) in [5.74, 6) is 1.57. The molecular formula is C22H30O3Si. The van der Waals surface area contributed by atoms with Gasteiger partial charge in [0.2, 0.25) is 8.32 Å². The minimum absolute atomic E-state index is 0.00781. The zero-order chi connectivity index (χ0) is 19.1. The third-order valence-electron chi connectivity index (χ3n) is 6.01. The molecule has 0 radical (unpaired) electrons. The minimum Gasteiger partial charge on any atom is -0.547 e. The number of cyclic esters (lactones) is 1. The third kappa shape index (κ3) is 3.66. The fraction of sp³-hybridized carbons (Fsp3) is 0.500. The molecule has 4 heteroatoms. The van der Waals surface area contributed by atoms with Gasteiger partial charge < -0.3 is 9.16 Å². The highest BCUT2D eigenvalue weighted by atomic mass is 28.4. The van der Waals surface area contributed by atoms with E-state index in [4.69, 9.17) is 9.16 Å². The van der Waals surface area contributed by atoms with Crippen LogP contribution in [-0.2, 0) is 14.0 Å². The molecule has 1 aromatic rings. The molecule has 0 N–H and O–H groups in total. The summed E-state index contributed by atoms with van der Waals surface area (Å²) in [4.78, 5) is 12.6. The van der Waals surface area contributed by atoms with Crippen LogP contribution in [0.3, 0.4) is 0 Å². The summed E-state index contributed by atoms with van der Waals surface area (Å²) >= 11 is 0. The molecule has 0 spiro atoms. The van der Waals surface area contributed by atoms with Gasteiger partial charge in [0.05, 0.1) is 11.7 Å². The van der Waals surface area contributed by atoms with Gasteiger partial charge >= 0.3 is 5.97 Å². The maximum atomic E-state index is 12.6. The lowest BCUT2D eigenvalue weighted by molar-refractivity contribution is -0.148. The summed E-state index contributed by atoms with van der Waals surface area (Å²) in [5, 5.41) is 0.143. The van der Waals surface area contributed by atoms with Gasteiger partial charge in [-0.05, 0) is 42.8 Å². The maximum absolute atomic E-state index is 12.6. The molecule has 0 saturated heterocycles. The van der Waals surface area contributed by atoms with E-state index in [0.717, 1.165) is 17.7 Å². The quantitative estimate of drug-likeness (QED) is 0.500. The van der Waals surface area contributed by atoms with E-state index in [-0.39, 0.29) is 28.8 Å². The van der Waals surface area contributed by atoms with Crippen molar-refractivity contribution in [2.75, 3.05) is 0 Å². The number of allylic oxidation sites excluding steroid dienone is 4. The van der Waals surface area contributed by atoms with Crippen LogP contribution in [0.4, 0.5) is 0 Å². The Morgan fingerprint density at radius 2 is 1.77 bits per heavy atom. The first kappa shape index (κ1) is 19.0. The van der Waals surface area contributed by atoms with E-state index in [2.05, 4.69) is 58.2 Å². The van der Waals surface area contributed by atoms with E-state index in [9.17, 15) is 4.79 Å². The van der Waals surface area contributed by atoms with E-state index in [1.165, 1.54) is 0 Å². The molecule has 3 unspecified atom stereocenters. The van der Waals surface area contributed by atoms with Crippen LogP contribution in [0.2, 0.25) is 18.1 Å². The van der Waals surface area contributed by atoms with E-state index in [1.807, 2.05) is 25.1 Å². The van der Waals surface area contributed by atoms with Gasteiger partial charge in [0, 0.05) is 18.3 Å². The number of hydrogen-bond acceptors (Lipinski definition) is 3. The number of hydrogen-bond donors (Lipinski definition) is 0. The highest BCUT2D eigenvalue weighted by molar-refractivity contribution is 6.74. The Balaban J connectivity index is 2.00. The summed E-state index contributed by atoms with van der Waals surface area (Å²) in [6, 6.07) is 10.2. The van der Waals surface area contributed by atoms with E-state index < -0.39 is 8.32 Å². The van der Waals surface area contributed by atoms with Crippen molar-refractivity contribution in [3.63, 3.8) is 0 Å². The van der Waals surface area contributed by atoms with E-state index in [0.29, 0.717) is 5.76 Å². The summed E-state index contributed by atoms with van der Waals surface area (Å²) in [7, 11) is -1.92. The Labute approximate surface area is 158 Å². The lowest BCUT2D eigenvalue weighted by Crippen LogP contribution is -2.42. The number of ether oxygens (including phenoxy) is 1. The van der Waals surface area contributed by atoms with Crippen LogP contribution in [0.5, 0.6) is 0 Å². The number of benzene rings is 1. The van der Waals surface area contributed by atoms with Gasteiger partial charge in [0.15, 0.2) is 0 Å². The molecule has 1 aromatic carbocycles. The second-order valence-electron chi connectivity index (χ2n) is 9.02. The van der Waals surface area contributed by atoms with Crippen molar-refractivity contribution in [2.45, 2.75) is 58.2 Å². The first-order chi connectivity index (χ1) is 12.1. The molecule has 3 nitrogen and oxygen atoms in total. The Morgan fingerprint density at radius 3 is 2.38 bits per heavy atom. The van der Waals surface area contributed by atoms with Crippen molar-refractivity contribution in [3.05, 3.63) is 59.6 Å². The van der Waals surface area contributed by atoms with Crippen molar-refractivity contribution >= 4 is 14.3 Å². The zero-order valence-electron chi connectivity index (χ0n) is 16.7. The molecule has 1 aliphatic carbocycles. The SMILES string of the molecule is CC1=CC2CC(O[Si](C)(C)C(C)(C)C)=CC(c3ccccc3)C2C(=O)O1. The predicted octanol–water partition coefficient (Wildman–Crippen LogP) is 5.77. The molecule has 0 bridgehead atoms. The standard InChI is InChI=1S/C22H30O3Si/c1-15-12-17-13-18(25-26(5,6)22(2,3)4)14-19(20(17)21(23)24-15)16-10-8-7-9-11-16/h7-12,14,17,19-20H,13H2,1-6H3. The van der Waals surface area contributed by atoms with Gasteiger partial charge in [-0.1, -0.05) is 51.1 Å². The number of esters is 1. The molecule has 3 atom stereocenters. The number of carbonyl (C=O) groups is 1. The molecule has 0 amide bonds. The number of rotatable bonds is 3. The predicted molar refractivity (Wildman–Crippen MR) is 107 cm³/mol. The lowest BCUT2D eigenvalue weighted by atomic mass is 9.71. The topological polar surface area (TPSA) is 35.5 Å². The van der Waals surface area contributed by atoms with Gasteiger partial charge in [0.25, 0.3) is 0 Å². The largest absolute Gasteiger partial charge is 0.547 e. The molecule has 3 rings (SSSR count). The third-order valence-corrected chi connectivity index (χ3v) is 10.4. The van der Waals surface area contributed by atoms with Crippen molar-refractivity contribution in [1.29, 1.82) is 0 Å². The fourth-order valence-corrected chi connectivity index (χ4v) is 4.69. The highest BCUT2D eigenvalue weighted by Gasteiger charge is 2.45. The van der Waals surface area contributed by atoms with Gasteiger partial charge in [-0.25, -0.2) is 0 Å². The molecule has 0 saturated carbocycles. The molecule has 0 aromatic heterocycles. The lowest BCUT2D eigenvalue weighted by Gasteiger charge is -2.42. The minimum atomic E-state index is -1.92.